The number of hydrogen-bond acceptors (Lipinski definition) is 1. The Labute approximate surface area is 138 Å². The predicted octanol–water partition coefficient (Wildman–Crippen LogP) is 0.302. The van der Waals surface area contributed by atoms with Crippen LogP contribution in [-0.2, 0) is 11.3 Å². The second-order valence-electron chi connectivity index (χ2n) is 7.11. The SMILES string of the molecule is c1ccc2c(C[NH+]3CCC([NH+]4CCOCC4)CC3)cccc2c1. The van der Waals surface area contributed by atoms with E-state index < -0.39 is 0 Å². The molecule has 0 aromatic heterocycles. The van der Waals surface area contributed by atoms with Crippen molar-refractivity contribution < 1.29 is 14.5 Å². The fourth-order valence-electron chi connectivity index (χ4n) is 4.37. The van der Waals surface area contributed by atoms with E-state index in [1.807, 2.05) is 0 Å². The molecule has 3 nitrogen and oxygen atoms in total. The van der Waals surface area contributed by atoms with Crippen molar-refractivity contribution in [2.75, 3.05) is 39.4 Å². The second-order valence-corrected chi connectivity index (χ2v) is 7.11. The molecule has 0 atom stereocenters. The molecule has 2 saturated heterocycles. The zero-order valence-corrected chi connectivity index (χ0v) is 13.9. The molecular formula is C20H28N2O+2. The van der Waals surface area contributed by atoms with Crippen LogP contribution in [0.3, 0.4) is 0 Å². The van der Waals surface area contributed by atoms with Gasteiger partial charge in [-0.1, -0.05) is 42.5 Å². The Bertz CT molecular complexity index is 638. The molecule has 0 aliphatic carbocycles. The Morgan fingerprint density at radius 1 is 0.870 bits per heavy atom. The number of fused-ring (bicyclic) bond motifs is 1. The average Bonchev–Trinajstić information content (AvgIpc) is 2.63. The van der Waals surface area contributed by atoms with E-state index >= 15 is 0 Å². The maximum Gasteiger partial charge on any atom is 0.103 e. The second kappa shape index (κ2) is 7.00. The summed E-state index contributed by atoms with van der Waals surface area (Å²) in [6.07, 6.45) is 2.74. The molecule has 0 bridgehead atoms. The monoisotopic (exact) mass is 312 g/mol. The van der Waals surface area contributed by atoms with Crippen LogP contribution in [0.25, 0.3) is 10.8 Å². The molecule has 2 N–H and O–H groups in total. The lowest BCUT2D eigenvalue weighted by Gasteiger charge is -2.36. The highest BCUT2D eigenvalue weighted by atomic mass is 16.5. The molecule has 2 aromatic carbocycles. The zero-order valence-electron chi connectivity index (χ0n) is 13.9. The van der Waals surface area contributed by atoms with Crippen LogP contribution in [0.5, 0.6) is 0 Å². The summed E-state index contributed by atoms with van der Waals surface area (Å²) in [7, 11) is 0. The molecule has 3 heteroatoms. The topological polar surface area (TPSA) is 18.1 Å². The molecule has 2 aliphatic heterocycles. The van der Waals surface area contributed by atoms with Crippen molar-refractivity contribution in [2.24, 2.45) is 0 Å². The lowest BCUT2D eigenvalue weighted by Crippen LogP contribution is -3.21. The smallest absolute Gasteiger partial charge is 0.103 e. The maximum absolute atomic E-state index is 5.51. The number of rotatable bonds is 3. The Hall–Kier alpha value is -1.42. The summed E-state index contributed by atoms with van der Waals surface area (Å²) in [5, 5.41) is 2.81. The molecule has 2 aromatic rings. The number of likely N-dealkylation sites (tertiary alicyclic amines) is 1. The van der Waals surface area contributed by atoms with E-state index in [0.717, 1.165) is 19.3 Å². The fraction of sp³-hybridized carbons (Fsp3) is 0.500. The average molecular weight is 312 g/mol. The van der Waals surface area contributed by atoms with Gasteiger partial charge in [-0.25, -0.2) is 0 Å². The van der Waals surface area contributed by atoms with E-state index in [1.165, 1.54) is 61.9 Å². The van der Waals surface area contributed by atoms with Crippen molar-refractivity contribution in [3.63, 3.8) is 0 Å². The predicted molar refractivity (Wildman–Crippen MR) is 92.9 cm³/mol. The summed E-state index contributed by atoms with van der Waals surface area (Å²) in [6.45, 7) is 8.15. The van der Waals surface area contributed by atoms with Gasteiger partial charge in [-0.3, -0.25) is 0 Å². The van der Waals surface area contributed by atoms with Gasteiger partial charge in [0.1, 0.15) is 19.6 Å². The van der Waals surface area contributed by atoms with Crippen LogP contribution in [0.2, 0.25) is 0 Å². The largest absolute Gasteiger partial charge is 0.370 e. The number of benzene rings is 2. The highest BCUT2D eigenvalue weighted by Crippen LogP contribution is 2.17. The van der Waals surface area contributed by atoms with Gasteiger partial charge >= 0.3 is 0 Å². The fourth-order valence-corrected chi connectivity index (χ4v) is 4.37. The van der Waals surface area contributed by atoms with Gasteiger partial charge in [-0.15, -0.1) is 0 Å². The zero-order chi connectivity index (χ0) is 15.5. The molecule has 4 rings (SSSR count). The first-order valence-corrected chi connectivity index (χ1v) is 9.13. The van der Waals surface area contributed by atoms with Crippen molar-refractivity contribution in [3.05, 3.63) is 48.0 Å². The lowest BCUT2D eigenvalue weighted by molar-refractivity contribution is -0.967. The van der Waals surface area contributed by atoms with Gasteiger partial charge in [-0.2, -0.15) is 0 Å². The normalized spacial score (nSPS) is 26.4. The first-order chi connectivity index (χ1) is 11.4. The van der Waals surface area contributed by atoms with Crippen molar-refractivity contribution in [3.8, 4) is 0 Å². The first-order valence-electron chi connectivity index (χ1n) is 9.13. The van der Waals surface area contributed by atoms with Gasteiger partial charge in [0.15, 0.2) is 0 Å². The Morgan fingerprint density at radius 3 is 2.43 bits per heavy atom. The molecule has 0 amide bonds. The number of ether oxygens (including phenoxy) is 1. The van der Waals surface area contributed by atoms with Crippen LogP contribution >= 0.6 is 0 Å². The maximum atomic E-state index is 5.51. The third kappa shape index (κ3) is 3.42. The van der Waals surface area contributed by atoms with Crippen LogP contribution in [-0.4, -0.2) is 45.4 Å². The Balaban J connectivity index is 1.39. The van der Waals surface area contributed by atoms with Gasteiger partial charge in [0, 0.05) is 18.4 Å². The minimum atomic E-state index is 0.871. The first kappa shape index (κ1) is 15.1. The van der Waals surface area contributed by atoms with Crippen LogP contribution in [0, 0.1) is 0 Å². The summed E-state index contributed by atoms with van der Waals surface area (Å²) >= 11 is 0. The number of quaternary nitrogens is 2. The van der Waals surface area contributed by atoms with Gasteiger partial charge < -0.3 is 14.5 Å². The van der Waals surface area contributed by atoms with E-state index in [4.69, 9.17) is 4.74 Å². The van der Waals surface area contributed by atoms with E-state index in [1.54, 1.807) is 9.80 Å². The number of morpholine rings is 1. The molecule has 23 heavy (non-hydrogen) atoms. The van der Waals surface area contributed by atoms with Crippen molar-refractivity contribution in [2.45, 2.75) is 25.4 Å². The van der Waals surface area contributed by atoms with Crippen molar-refractivity contribution in [1.82, 2.24) is 0 Å². The number of nitrogens with one attached hydrogen (secondary N) is 2. The summed E-state index contributed by atoms with van der Waals surface area (Å²) in [5.74, 6) is 0. The highest BCUT2D eigenvalue weighted by Gasteiger charge is 2.31. The van der Waals surface area contributed by atoms with E-state index in [0.29, 0.717) is 0 Å². The molecule has 0 unspecified atom stereocenters. The molecule has 0 radical (unpaired) electrons. The van der Waals surface area contributed by atoms with Crippen LogP contribution < -0.4 is 9.80 Å². The lowest BCUT2D eigenvalue weighted by atomic mass is 10.00. The third-order valence-electron chi connectivity index (χ3n) is 5.73. The Morgan fingerprint density at radius 2 is 1.61 bits per heavy atom. The molecule has 0 saturated carbocycles. The molecular weight excluding hydrogens is 284 g/mol. The molecule has 122 valence electrons. The molecule has 0 spiro atoms. The van der Waals surface area contributed by atoms with Gasteiger partial charge in [0.05, 0.1) is 32.3 Å². The van der Waals surface area contributed by atoms with Gasteiger partial charge in [0.25, 0.3) is 0 Å². The van der Waals surface area contributed by atoms with Crippen molar-refractivity contribution in [1.29, 1.82) is 0 Å². The molecule has 2 aliphatic rings. The summed E-state index contributed by atoms with van der Waals surface area (Å²) < 4.78 is 5.51. The summed E-state index contributed by atoms with van der Waals surface area (Å²) in [6, 6.07) is 16.4. The quantitative estimate of drug-likeness (QED) is 0.834. The standard InChI is InChI=1S/C20H26N2O/c1-2-7-20-17(4-1)5-3-6-18(20)16-21-10-8-19(9-11-21)22-12-14-23-15-13-22/h1-7,19H,8-16H2/p+2. The summed E-state index contributed by atoms with van der Waals surface area (Å²) in [5.41, 5.74) is 1.51. The van der Waals surface area contributed by atoms with E-state index in [-0.39, 0.29) is 0 Å². The Kier molecular flexibility index (Phi) is 4.60. The van der Waals surface area contributed by atoms with Gasteiger partial charge in [0.2, 0.25) is 0 Å². The highest BCUT2D eigenvalue weighted by molar-refractivity contribution is 5.85. The number of piperidine rings is 1. The number of hydrogen-bond donors (Lipinski definition) is 2. The molecule has 2 fully saturated rings. The third-order valence-corrected chi connectivity index (χ3v) is 5.73. The van der Waals surface area contributed by atoms with Gasteiger partial charge in [-0.05, 0) is 10.8 Å². The van der Waals surface area contributed by atoms with E-state index in [2.05, 4.69) is 42.5 Å². The van der Waals surface area contributed by atoms with Crippen LogP contribution in [0.15, 0.2) is 42.5 Å². The molecule has 2 heterocycles. The van der Waals surface area contributed by atoms with Crippen LogP contribution in [0.4, 0.5) is 0 Å². The minimum absolute atomic E-state index is 0.871. The van der Waals surface area contributed by atoms with E-state index in [9.17, 15) is 0 Å². The van der Waals surface area contributed by atoms with Crippen molar-refractivity contribution >= 4 is 10.8 Å². The van der Waals surface area contributed by atoms with Crippen LogP contribution in [0.1, 0.15) is 18.4 Å². The summed E-state index contributed by atoms with van der Waals surface area (Å²) in [4.78, 5) is 3.55. The minimum Gasteiger partial charge on any atom is -0.370 e.